The Morgan fingerprint density at radius 1 is 1.11 bits per heavy atom. The first-order chi connectivity index (χ1) is 17.3. The molecule has 0 bridgehead atoms. The summed E-state index contributed by atoms with van der Waals surface area (Å²) >= 11 is 1.48. The van der Waals surface area contributed by atoms with E-state index in [0.717, 1.165) is 26.6 Å². The molecule has 11 nitrogen and oxygen atoms in total. The number of amides is 2. The van der Waals surface area contributed by atoms with E-state index in [2.05, 4.69) is 30.9 Å². The number of fused-ring (bicyclic) bond motifs is 3. The van der Waals surface area contributed by atoms with E-state index < -0.39 is 6.03 Å². The van der Waals surface area contributed by atoms with Crippen molar-refractivity contribution >= 4 is 44.2 Å². The summed E-state index contributed by atoms with van der Waals surface area (Å²) in [6.07, 6.45) is 7.22. The van der Waals surface area contributed by atoms with Crippen LogP contribution in [0, 0.1) is 0 Å². The Morgan fingerprint density at radius 2 is 1.94 bits per heavy atom. The van der Waals surface area contributed by atoms with Crippen molar-refractivity contribution in [3.05, 3.63) is 66.9 Å². The minimum atomic E-state index is -0.403. The summed E-state index contributed by atoms with van der Waals surface area (Å²) in [6.45, 7) is 6.03. The molecule has 0 fully saturated rings. The predicted molar refractivity (Wildman–Crippen MR) is 137 cm³/mol. The first kappa shape index (κ1) is 21.9. The van der Waals surface area contributed by atoms with Gasteiger partial charge < -0.3 is 9.84 Å². The van der Waals surface area contributed by atoms with Crippen LogP contribution in [0.25, 0.3) is 32.5 Å². The van der Waals surface area contributed by atoms with Crippen LogP contribution in [0.4, 0.5) is 16.3 Å². The van der Waals surface area contributed by atoms with Crippen LogP contribution in [0.2, 0.25) is 0 Å². The number of nitrogens with zero attached hydrogens (tertiary/aromatic N) is 7. The zero-order valence-electron chi connectivity index (χ0n) is 19.6. The number of thiazole rings is 1. The molecule has 5 heterocycles. The second-order valence-electron chi connectivity index (χ2n) is 9.17. The Morgan fingerprint density at radius 3 is 2.67 bits per heavy atom. The normalized spacial score (nSPS) is 11.9. The summed E-state index contributed by atoms with van der Waals surface area (Å²) in [6, 6.07) is 10.6. The van der Waals surface area contributed by atoms with Crippen molar-refractivity contribution in [2.75, 3.05) is 10.6 Å². The standard InChI is InChI=1S/C24H21N9O2S/c1-24(2,3)18-11-19(31-35-18)29-22(34)27-15-7-5-14(6-8-15)16-13-32-17-12-25-21(33-10-4-9-26-33)30-20(17)36-23(32)28-16/h4-13H,1-3H3,(H2,27,29,31,34). The van der Waals surface area contributed by atoms with Crippen LogP contribution in [-0.2, 0) is 5.41 Å². The molecule has 0 unspecified atom stereocenters. The van der Waals surface area contributed by atoms with Crippen molar-refractivity contribution in [1.29, 1.82) is 0 Å². The molecule has 5 aromatic heterocycles. The first-order valence-electron chi connectivity index (χ1n) is 11.1. The number of rotatable bonds is 4. The van der Waals surface area contributed by atoms with E-state index in [1.807, 2.05) is 61.7 Å². The number of urea groups is 1. The largest absolute Gasteiger partial charge is 0.359 e. The number of imidazole rings is 1. The van der Waals surface area contributed by atoms with Crippen LogP contribution < -0.4 is 10.6 Å². The van der Waals surface area contributed by atoms with Crippen molar-refractivity contribution in [3.8, 4) is 17.2 Å². The minimum absolute atomic E-state index is 0.191. The van der Waals surface area contributed by atoms with Gasteiger partial charge in [-0.3, -0.25) is 9.72 Å². The van der Waals surface area contributed by atoms with Gasteiger partial charge in [-0.25, -0.2) is 19.4 Å². The third-order valence-electron chi connectivity index (χ3n) is 5.48. The first-order valence-corrected chi connectivity index (χ1v) is 12.0. The summed E-state index contributed by atoms with van der Waals surface area (Å²) in [4.78, 5) is 27.8. The Hall–Kier alpha value is -4.58. The minimum Gasteiger partial charge on any atom is -0.359 e. The maximum Gasteiger partial charge on any atom is 0.324 e. The van der Waals surface area contributed by atoms with E-state index in [1.54, 1.807) is 29.3 Å². The summed E-state index contributed by atoms with van der Waals surface area (Å²) in [5.74, 6) is 1.57. The lowest BCUT2D eigenvalue weighted by molar-refractivity contribution is 0.262. The second-order valence-corrected chi connectivity index (χ2v) is 10.1. The fraction of sp³-hybridized carbons (Fsp3) is 0.167. The molecule has 0 saturated carbocycles. The Labute approximate surface area is 208 Å². The monoisotopic (exact) mass is 499 g/mol. The molecule has 2 N–H and O–H groups in total. The van der Waals surface area contributed by atoms with Crippen LogP contribution in [0.15, 0.2) is 65.7 Å². The summed E-state index contributed by atoms with van der Waals surface area (Å²) in [5.41, 5.74) is 3.06. The summed E-state index contributed by atoms with van der Waals surface area (Å²) in [7, 11) is 0. The van der Waals surface area contributed by atoms with Gasteiger partial charge in [0, 0.05) is 41.3 Å². The van der Waals surface area contributed by atoms with E-state index in [9.17, 15) is 4.79 Å². The average molecular weight is 500 g/mol. The molecule has 12 heteroatoms. The second kappa shape index (κ2) is 8.27. The topological polar surface area (TPSA) is 128 Å². The lowest BCUT2D eigenvalue weighted by atomic mass is 9.93. The predicted octanol–water partition coefficient (Wildman–Crippen LogP) is 5.12. The fourth-order valence-electron chi connectivity index (χ4n) is 3.61. The van der Waals surface area contributed by atoms with Crippen LogP contribution >= 0.6 is 11.3 Å². The van der Waals surface area contributed by atoms with Gasteiger partial charge >= 0.3 is 6.03 Å². The molecule has 0 spiro atoms. The summed E-state index contributed by atoms with van der Waals surface area (Å²) in [5, 5.41) is 13.6. The SMILES string of the molecule is CC(C)(C)c1cc(NC(=O)Nc2ccc(-c3cn4c(n3)sc3nc(-n5cccn5)ncc34)cc2)no1. The molecular formula is C24H21N9O2S. The molecule has 0 radical (unpaired) electrons. The van der Waals surface area contributed by atoms with Crippen molar-refractivity contribution in [3.63, 3.8) is 0 Å². The number of benzene rings is 1. The molecule has 1 aromatic carbocycles. The molecule has 2 amide bonds. The smallest absolute Gasteiger partial charge is 0.324 e. The Balaban J connectivity index is 1.17. The van der Waals surface area contributed by atoms with Crippen LogP contribution in [0.1, 0.15) is 26.5 Å². The van der Waals surface area contributed by atoms with Crippen LogP contribution in [0.5, 0.6) is 0 Å². The highest BCUT2D eigenvalue weighted by Crippen LogP contribution is 2.29. The van der Waals surface area contributed by atoms with Crippen molar-refractivity contribution in [1.82, 2.24) is 34.3 Å². The average Bonchev–Trinajstić information content (AvgIpc) is 3.62. The lowest BCUT2D eigenvalue weighted by Crippen LogP contribution is -2.19. The molecular weight excluding hydrogens is 478 g/mol. The molecule has 0 aliphatic rings. The van der Waals surface area contributed by atoms with Gasteiger partial charge in [0.15, 0.2) is 10.8 Å². The van der Waals surface area contributed by atoms with Gasteiger partial charge in [0.25, 0.3) is 5.95 Å². The fourth-order valence-corrected chi connectivity index (χ4v) is 4.56. The molecule has 6 rings (SSSR count). The molecule has 6 aromatic rings. The van der Waals surface area contributed by atoms with Crippen LogP contribution in [0.3, 0.4) is 0 Å². The highest BCUT2D eigenvalue weighted by atomic mass is 32.1. The maximum absolute atomic E-state index is 12.4. The molecule has 0 saturated heterocycles. The van der Waals surface area contributed by atoms with Gasteiger partial charge in [0.1, 0.15) is 16.1 Å². The van der Waals surface area contributed by atoms with E-state index in [4.69, 9.17) is 9.51 Å². The number of aromatic nitrogens is 7. The van der Waals surface area contributed by atoms with Gasteiger partial charge in [-0.1, -0.05) is 49.4 Å². The van der Waals surface area contributed by atoms with E-state index in [1.165, 1.54) is 11.3 Å². The number of carbonyl (C=O) groups is 1. The Kier molecular flexibility index (Phi) is 5.04. The molecule has 36 heavy (non-hydrogen) atoms. The molecule has 0 atom stereocenters. The van der Waals surface area contributed by atoms with Crippen molar-refractivity contribution in [2.24, 2.45) is 0 Å². The van der Waals surface area contributed by atoms with Gasteiger partial charge in [0.05, 0.1) is 11.9 Å². The van der Waals surface area contributed by atoms with Gasteiger partial charge in [-0.2, -0.15) is 10.1 Å². The van der Waals surface area contributed by atoms with E-state index in [0.29, 0.717) is 23.2 Å². The highest BCUT2D eigenvalue weighted by molar-refractivity contribution is 7.23. The zero-order chi connectivity index (χ0) is 24.9. The lowest BCUT2D eigenvalue weighted by Gasteiger charge is -2.12. The summed E-state index contributed by atoms with van der Waals surface area (Å²) < 4.78 is 8.90. The highest BCUT2D eigenvalue weighted by Gasteiger charge is 2.20. The number of anilines is 2. The van der Waals surface area contributed by atoms with Crippen molar-refractivity contribution in [2.45, 2.75) is 26.2 Å². The zero-order valence-corrected chi connectivity index (χ0v) is 20.4. The molecule has 0 aliphatic heterocycles. The maximum atomic E-state index is 12.4. The van der Waals surface area contributed by atoms with Gasteiger partial charge in [0.2, 0.25) is 0 Å². The number of carbonyl (C=O) groups excluding carboxylic acids is 1. The van der Waals surface area contributed by atoms with E-state index in [-0.39, 0.29) is 5.41 Å². The van der Waals surface area contributed by atoms with Gasteiger partial charge in [-0.15, -0.1) is 0 Å². The number of hydrogen-bond donors (Lipinski definition) is 2. The van der Waals surface area contributed by atoms with Gasteiger partial charge in [-0.05, 0) is 18.2 Å². The number of nitrogens with one attached hydrogen (secondary N) is 2. The quantitative estimate of drug-likeness (QED) is 0.344. The van der Waals surface area contributed by atoms with E-state index >= 15 is 0 Å². The third-order valence-corrected chi connectivity index (χ3v) is 6.45. The van der Waals surface area contributed by atoms with Crippen molar-refractivity contribution < 1.29 is 9.32 Å². The third kappa shape index (κ3) is 4.07. The number of hydrogen-bond acceptors (Lipinski definition) is 8. The van der Waals surface area contributed by atoms with Crippen LogP contribution in [-0.4, -0.2) is 40.3 Å². The molecule has 180 valence electrons. The molecule has 0 aliphatic carbocycles. The Bertz CT molecular complexity index is 1690.